The summed E-state index contributed by atoms with van der Waals surface area (Å²) in [5.41, 5.74) is 0.477. The quantitative estimate of drug-likeness (QED) is 0.590. The Kier molecular flexibility index (Phi) is 6.35. The van der Waals surface area contributed by atoms with E-state index in [2.05, 4.69) is 20.8 Å². The lowest BCUT2D eigenvalue weighted by atomic mass is 9.43. The SMILES string of the molecule is CCOC(=O)C(C)C[C@@H](C)[C@H]1CCC2[C@@H]3C(CCC21C)C1(C)CCC(=O)CC1C[C@H]3O. The monoisotopic (exact) mass is 432 g/mol. The minimum absolute atomic E-state index is 0.0475. The van der Waals surface area contributed by atoms with Gasteiger partial charge in [-0.05, 0) is 98.2 Å². The molecule has 0 saturated heterocycles. The van der Waals surface area contributed by atoms with Gasteiger partial charge in [-0.1, -0.05) is 27.7 Å². The molecule has 0 aliphatic heterocycles. The molecular weight excluding hydrogens is 388 g/mol. The highest BCUT2D eigenvalue weighted by Crippen LogP contribution is 2.68. The molecule has 0 amide bonds. The summed E-state index contributed by atoms with van der Waals surface area (Å²) in [5, 5.41) is 11.3. The summed E-state index contributed by atoms with van der Waals surface area (Å²) >= 11 is 0. The fourth-order valence-corrected chi connectivity index (χ4v) is 9.09. The second-order valence-corrected chi connectivity index (χ2v) is 12.1. The highest BCUT2D eigenvalue weighted by Gasteiger charge is 2.62. The summed E-state index contributed by atoms with van der Waals surface area (Å²) in [6.07, 6.45) is 8.72. The van der Waals surface area contributed by atoms with Gasteiger partial charge in [0.15, 0.2) is 0 Å². The maximum Gasteiger partial charge on any atom is 0.308 e. The lowest BCUT2D eigenvalue weighted by molar-refractivity contribution is -0.169. The summed E-state index contributed by atoms with van der Waals surface area (Å²) in [5.74, 6) is 3.27. The molecule has 4 aliphatic rings. The topological polar surface area (TPSA) is 63.6 Å². The van der Waals surface area contributed by atoms with Crippen LogP contribution in [0.15, 0.2) is 0 Å². The Morgan fingerprint density at radius 2 is 1.84 bits per heavy atom. The fourth-order valence-electron chi connectivity index (χ4n) is 9.09. The number of fused-ring (bicyclic) bond motifs is 5. The zero-order chi connectivity index (χ0) is 22.6. The van der Waals surface area contributed by atoms with E-state index < -0.39 is 0 Å². The molecule has 0 aromatic heterocycles. The fraction of sp³-hybridized carbons (Fsp3) is 0.926. The van der Waals surface area contributed by atoms with Gasteiger partial charge in [-0.25, -0.2) is 0 Å². The standard InChI is InChI=1S/C27H44O4/c1-6-31-25(30)17(3)13-16(2)20-7-8-21-24-22(10-12-27(20,21)5)26(4)11-9-19(28)14-18(26)15-23(24)29/h16-18,20-24,29H,6-15H2,1-5H3/t16-,17?,18?,20-,21?,22?,23-,24-,26?,27?/m1/s1. The zero-order valence-corrected chi connectivity index (χ0v) is 20.4. The van der Waals surface area contributed by atoms with E-state index in [9.17, 15) is 14.7 Å². The van der Waals surface area contributed by atoms with Crippen LogP contribution in [0.3, 0.4) is 0 Å². The average molecular weight is 433 g/mol. The molecule has 0 radical (unpaired) electrons. The Bertz CT molecular complexity index is 703. The molecule has 1 N–H and O–H groups in total. The first-order valence-electron chi connectivity index (χ1n) is 13.0. The minimum atomic E-state index is -0.258. The third-order valence-electron chi connectivity index (χ3n) is 10.7. The van der Waals surface area contributed by atoms with Crippen molar-refractivity contribution < 1.29 is 19.4 Å². The van der Waals surface area contributed by atoms with Crippen LogP contribution in [-0.2, 0) is 14.3 Å². The van der Waals surface area contributed by atoms with Crippen molar-refractivity contribution in [2.45, 2.75) is 98.5 Å². The summed E-state index contributed by atoms with van der Waals surface area (Å²) in [4.78, 5) is 24.3. The van der Waals surface area contributed by atoms with Crippen molar-refractivity contribution in [3.8, 4) is 0 Å². The smallest absolute Gasteiger partial charge is 0.308 e. The van der Waals surface area contributed by atoms with Crippen molar-refractivity contribution in [3.63, 3.8) is 0 Å². The van der Waals surface area contributed by atoms with Crippen molar-refractivity contribution in [1.29, 1.82) is 0 Å². The molecule has 31 heavy (non-hydrogen) atoms. The maximum absolute atomic E-state index is 12.2. The molecule has 176 valence electrons. The van der Waals surface area contributed by atoms with Crippen LogP contribution < -0.4 is 0 Å². The van der Waals surface area contributed by atoms with Gasteiger partial charge in [-0.3, -0.25) is 9.59 Å². The summed E-state index contributed by atoms with van der Waals surface area (Å²) in [7, 11) is 0. The van der Waals surface area contributed by atoms with Crippen LogP contribution in [0.1, 0.15) is 92.4 Å². The number of ketones is 1. The van der Waals surface area contributed by atoms with Crippen molar-refractivity contribution in [2.24, 2.45) is 52.3 Å². The van der Waals surface area contributed by atoms with Gasteiger partial charge in [-0.2, -0.15) is 0 Å². The van der Waals surface area contributed by atoms with Crippen molar-refractivity contribution in [2.75, 3.05) is 6.61 Å². The molecule has 0 heterocycles. The summed E-state index contributed by atoms with van der Waals surface area (Å²) in [6.45, 7) is 11.6. The molecule has 4 fully saturated rings. The highest BCUT2D eigenvalue weighted by atomic mass is 16.5. The van der Waals surface area contributed by atoms with Gasteiger partial charge < -0.3 is 9.84 Å². The second kappa shape index (κ2) is 8.47. The minimum Gasteiger partial charge on any atom is -0.466 e. The van der Waals surface area contributed by atoms with Crippen LogP contribution in [0.2, 0.25) is 0 Å². The number of Topliss-reactive ketones (excluding diaryl/α,β-unsaturated/α-hetero) is 1. The maximum atomic E-state index is 12.2. The molecule has 4 rings (SSSR count). The first kappa shape index (κ1) is 23.3. The predicted molar refractivity (Wildman–Crippen MR) is 121 cm³/mol. The van der Waals surface area contributed by atoms with Crippen LogP contribution in [0.25, 0.3) is 0 Å². The average Bonchev–Trinajstić information content (AvgIpc) is 3.06. The van der Waals surface area contributed by atoms with Gasteiger partial charge in [0.1, 0.15) is 5.78 Å². The molecule has 10 atom stereocenters. The summed E-state index contributed by atoms with van der Waals surface area (Å²) in [6, 6.07) is 0. The van der Waals surface area contributed by atoms with E-state index in [1.54, 1.807) is 0 Å². The lowest BCUT2D eigenvalue weighted by Gasteiger charge is -2.62. The first-order chi connectivity index (χ1) is 14.6. The number of carbonyl (C=O) groups excluding carboxylic acids is 2. The lowest BCUT2D eigenvalue weighted by Crippen LogP contribution is -2.58. The van der Waals surface area contributed by atoms with E-state index >= 15 is 0 Å². The van der Waals surface area contributed by atoms with Crippen LogP contribution in [0.5, 0.6) is 0 Å². The van der Waals surface area contributed by atoms with Crippen molar-refractivity contribution in [1.82, 2.24) is 0 Å². The Balaban J connectivity index is 1.51. The van der Waals surface area contributed by atoms with Crippen molar-refractivity contribution >= 4 is 11.8 Å². The molecule has 0 bridgehead atoms. The van der Waals surface area contributed by atoms with Crippen LogP contribution in [-0.4, -0.2) is 29.6 Å². The Labute approximate surface area is 188 Å². The first-order valence-corrected chi connectivity index (χ1v) is 13.0. The van der Waals surface area contributed by atoms with Gasteiger partial charge in [0, 0.05) is 12.8 Å². The molecule has 0 aromatic rings. The molecule has 4 saturated carbocycles. The van der Waals surface area contributed by atoms with Crippen LogP contribution in [0, 0.1) is 52.3 Å². The predicted octanol–water partition coefficient (Wildman–Crippen LogP) is 5.41. The molecule has 6 unspecified atom stereocenters. The number of hydrogen-bond acceptors (Lipinski definition) is 4. The van der Waals surface area contributed by atoms with Gasteiger partial charge >= 0.3 is 5.97 Å². The van der Waals surface area contributed by atoms with Gasteiger partial charge in [-0.15, -0.1) is 0 Å². The number of aliphatic hydroxyl groups excluding tert-OH is 1. The third kappa shape index (κ3) is 3.79. The van der Waals surface area contributed by atoms with Crippen LogP contribution >= 0.6 is 0 Å². The zero-order valence-electron chi connectivity index (χ0n) is 20.4. The van der Waals surface area contributed by atoms with Gasteiger partial charge in [0.25, 0.3) is 0 Å². The normalized spacial score (nSPS) is 46.5. The molecule has 4 heteroatoms. The van der Waals surface area contributed by atoms with E-state index in [0.717, 1.165) is 25.7 Å². The number of aliphatic hydroxyl groups is 1. The number of carbonyl (C=O) groups is 2. The Morgan fingerprint density at radius 3 is 2.55 bits per heavy atom. The number of hydrogen-bond donors (Lipinski definition) is 1. The van der Waals surface area contributed by atoms with E-state index in [4.69, 9.17) is 4.74 Å². The molecule has 0 spiro atoms. The molecule has 4 aliphatic carbocycles. The van der Waals surface area contributed by atoms with Crippen LogP contribution in [0.4, 0.5) is 0 Å². The van der Waals surface area contributed by atoms with Gasteiger partial charge in [0.05, 0.1) is 18.6 Å². The Morgan fingerprint density at radius 1 is 1.13 bits per heavy atom. The van der Waals surface area contributed by atoms with E-state index in [1.165, 1.54) is 25.7 Å². The highest BCUT2D eigenvalue weighted by molar-refractivity contribution is 5.79. The summed E-state index contributed by atoms with van der Waals surface area (Å²) < 4.78 is 5.26. The number of ether oxygens (including phenoxy) is 1. The largest absolute Gasteiger partial charge is 0.466 e. The van der Waals surface area contributed by atoms with E-state index in [0.29, 0.717) is 54.3 Å². The Hall–Kier alpha value is -0.900. The van der Waals surface area contributed by atoms with Gasteiger partial charge in [0.2, 0.25) is 0 Å². The van der Waals surface area contributed by atoms with E-state index in [-0.39, 0.29) is 28.8 Å². The number of esters is 1. The number of rotatable bonds is 5. The van der Waals surface area contributed by atoms with Crippen molar-refractivity contribution in [3.05, 3.63) is 0 Å². The molecule has 0 aromatic carbocycles. The second-order valence-electron chi connectivity index (χ2n) is 12.1. The third-order valence-corrected chi connectivity index (χ3v) is 10.7. The molecule has 4 nitrogen and oxygen atoms in total. The van der Waals surface area contributed by atoms with E-state index in [1.807, 2.05) is 13.8 Å². The molecular formula is C27H44O4.